The van der Waals surface area contributed by atoms with Crippen molar-refractivity contribution in [1.29, 1.82) is 0 Å². The van der Waals surface area contributed by atoms with Gasteiger partial charge in [-0.3, -0.25) is 14.8 Å². The maximum Gasteiger partial charge on any atom is 0.247 e. The lowest BCUT2D eigenvalue weighted by molar-refractivity contribution is -0.116. The number of carbonyl (C=O) groups is 1. The quantitative estimate of drug-likeness (QED) is 0.324. The smallest absolute Gasteiger partial charge is 0.247 e. The molecule has 6 nitrogen and oxygen atoms in total. The molecule has 2 fully saturated rings. The average molecular weight is 519 g/mol. The van der Waals surface area contributed by atoms with Crippen LogP contribution in [0.15, 0.2) is 78.4 Å². The summed E-state index contributed by atoms with van der Waals surface area (Å²) in [5, 5.41) is 11.7. The van der Waals surface area contributed by atoms with E-state index in [1.165, 1.54) is 5.56 Å². The molecule has 0 radical (unpaired) electrons. The first-order valence-electron chi connectivity index (χ1n) is 13.7. The third-order valence-electron chi connectivity index (χ3n) is 7.56. The van der Waals surface area contributed by atoms with Crippen molar-refractivity contribution >= 4 is 35.0 Å². The summed E-state index contributed by atoms with van der Waals surface area (Å²) in [5.74, 6) is 0.0549. The molecule has 6 heteroatoms. The second kappa shape index (κ2) is 11.0. The van der Waals surface area contributed by atoms with Gasteiger partial charge in [0.15, 0.2) is 0 Å². The summed E-state index contributed by atoms with van der Waals surface area (Å²) in [4.78, 5) is 15.0. The summed E-state index contributed by atoms with van der Waals surface area (Å²) in [6, 6.07) is 25.1. The summed E-state index contributed by atoms with van der Waals surface area (Å²) in [5.41, 5.74) is 7.21. The van der Waals surface area contributed by atoms with Gasteiger partial charge in [0.05, 0.1) is 23.4 Å². The molecule has 0 aliphatic carbocycles. The first-order chi connectivity index (χ1) is 19.0. The maximum absolute atomic E-state index is 12.6. The predicted molar refractivity (Wildman–Crippen MR) is 157 cm³/mol. The van der Waals surface area contributed by atoms with Gasteiger partial charge in [0, 0.05) is 43.1 Å². The van der Waals surface area contributed by atoms with E-state index in [0.717, 1.165) is 58.5 Å². The Morgan fingerprint density at radius 1 is 0.949 bits per heavy atom. The third kappa shape index (κ3) is 5.72. The highest BCUT2D eigenvalue weighted by Crippen LogP contribution is 2.30. The molecule has 0 spiro atoms. The number of ether oxygens (including phenoxy) is 1. The van der Waals surface area contributed by atoms with Gasteiger partial charge in [0.2, 0.25) is 5.91 Å². The van der Waals surface area contributed by atoms with Crippen molar-refractivity contribution in [3.8, 4) is 0 Å². The molecule has 1 aromatic heterocycles. The van der Waals surface area contributed by atoms with E-state index in [1.54, 1.807) is 0 Å². The number of carbonyl (C=O) groups excluding carboxylic acids is 1. The standard InChI is InChI=1S/C33H34N4O2/c1-22-19-37(20-23(2)39-22)21-25-10-8-24(9-11-25)13-15-31-28-14-12-26(17-32(28)36-35-31)16-29-30(18-34-33(29)38)27-6-4-3-5-7-27/h3-17,22-23,30H,18-21H2,1-2H3,(H,34,38)(H,35,36)/b15-13+,29-16+/t22-,23+,30?. The molecule has 2 aliphatic heterocycles. The highest BCUT2D eigenvalue weighted by molar-refractivity contribution is 6.02. The van der Waals surface area contributed by atoms with Crippen LogP contribution in [0, 0.1) is 0 Å². The Morgan fingerprint density at radius 2 is 1.69 bits per heavy atom. The lowest BCUT2D eigenvalue weighted by atomic mass is 9.92. The monoisotopic (exact) mass is 518 g/mol. The Hall–Kier alpha value is -4.00. The minimum absolute atomic E-state index is 0.00253. The molecular formula is C33H34N4O2. The number of rotatable bonds is 6. The van der Waals surface area contributed by atoms with E-state index in [2.05, 4.69) is 94.9 Å². The highest BCUT2D eigenvalue weighted by atomic mass is 16.5. The number of nitrogens with zero attached hydrogens (tertiary/aromatic N) is 2. The van der Waals surface area contributed by atoms with E-state index >= 15 is 0 Å². The van der Waals surface area contributed by atoms with Crippen molar-refractivity contribution in [1.82, 2.24) is 20.4 Å². The number of morpholine rings is 1. The molecule has 3 heterocycles. The van der Waals surface area contributed by atoms with Gasteiger partial charge in [-0.25, -0.2) is 0 Å². The van der Waals surface area contributed by atoms with Crippen LogP contribution in [0.4, 0.5) is 0 Å². The number of hydrogen-bond acceptors (Lipinski definition) is 4. The zero-order chi connectivity index (χ0) is 26.8. The van der Waals surface area contributed by atoms with Gasteiger partial charge in [0.25, 0.3) is 0 Å². The number of fused-ring (bicyclic) bond motifs is 1. The van der Waals surface area contributed by atoms with Crippen LogP contribution in [-0.4, -0.2) is 52.8 Å². The van der Waals surface area contributed by atoms with Crippen LogP contribution in [0.25, 0.3) is 29.1 Å². The second-order valence-corrected chi connectivity index (χ2v) is 10.7. The molecule has 1 amide bonds. The first-order valence-corrected chi connectivity index (χ1v) is 13.7. The van der Waals surface area contributed by atoms with E-state index < -0.39 is 0 Å². The molecule has 39 heavy (non-hydrogen) atoms. The van der Waals surface area contributed by atoms with E-state index in [1.807, 2.05) is 30.4 Å². The Bertz CT molecular complexity index is 1510. The number of aromatic amines is 1. The zero-order valence-electron chi connectivity index (χ0n) is 22.4. The van der Waals surface area contributed by atoms with Crippen LogP contribution >= 0.6 is 0 Å². The summed E-state index contributed by atoms with van der Waals surface area (Å²) in [6.45, 7) is 7.79. The number of amides is 1. The number of H-pyrrole nitrogens is 1. The van der Waals surface area contributed by atoms with Gasteiger partial charge in [-0.05, 0) is 60.4 Å². The highest BCUT2D eigenvalue weighted by Gasteiger charge is 2.29. The van der Waals surface area contributed by atoms with Gasteiger partial charge in [-0.1, -0.05) is 66.7 Å². The zero-order valence-corrected chi connectivity index (χ0v) is 22.4. The molecule has 2 aliphatic rings. The second-order valence-electron chi connectivity index (χ2n) is 10.7. The van der Waals surface area contributed by atoms with Crippen molar-refractivity contribution in [3.63, 3.8) is 0 Å². The van der Waals surface area contributed by atoms with Crippen LogP contribution < -0.4 is 5.32 Å². The Labute approximate surface area is 229 Å². The molecular weight excluding hydrogens is 484 g/mol. The van der Waals surface area contributed by atoms with Crippen molar-refractivity contribution in [2.24, 2.45) is 0 Å². The van der Waals surface area contributed by atoms with Gasteiger partial charge < -0.3 is 10.1 Å². The third-order valence-corrected chi connectivity index (χ3v) is 7.56. The fourth-order valence-corrected chi connectivity index (χ4v) is 5.75. The van der Waals surface area contributed by atoms with Crippen LogP contribution in [0.5, 0.6) is 0 Å². The lowest BCUT2D eigenvalue weighted by Crippen LogP contribution is -2.44. The summed E-state index contributed by atoms with van der Waals surface area (Å²) < 4.78 is 5.85. The molecule has 1 unspecified atom stereocenters. The van der Waals surface area contributed by atoms with Crippen LogP contribution in [0.3, 0.4) is 0 Å². The van der Waals surface area contributed by atoms with E-state index in [-0.39, 0.29) is 24.0 Å². The summed E-state index contributed by atoms with van der Waals surface area (Å²) in [6.07, 6.45) is 6.70. The molecule has 0 saturated carbocycles. The fraction of sp³-hybridized carbons (Fsp3) is 0.273. The molecule has 2 N–H and O–H groups in total. The lowest BCUT2D eigenvalue weighted by Gasteiger charge is -2.35. The molecule has 6 rings (SSSR count). The topological polar surface area (TPSA) is 70.2 Å². The largest absolute Gasteiger partial charge is 0.373 e. The first kappa shape index (κ1) is 25.3. The van der Waals surface area contributed by atoms with Crippen LogP contribution in [0.1, 0.15) is 47.7 Å². The SMILES string of the molecule is C[C@@H]1CN(Cc2ccc(/C=C/c3n[nH]c4cc(/C=C5/C(=O)NCC5c5ccccc5)ccc34)cc2)C[C@H](C)O1. The summed E-state index contributed by atoms with van der Waals surface area (Å²) >= 11 is 0. The van der Waals surface area contributed by atoms with Gasteiger partial charge in [-0.15, -0.1) is 0 Å². The molecule has 2 saturated heterocycles. The molecule has 3 aromatic carbocycles. The van der Waals surface area contributed by atoms with Gasteiger partial charge in [0.1, 0.15) is 0 Å². The maximum atomic E-state index is 12.6. The van der Waals surface area contributed by atoms with Crippen LogP contribution in [-0.2, 0) is 16.1 Å². The van der Waals surface area contributed by atoms with Gasteiger partial charge >= 0.3 is 0 Å². The normalized spacial score (nSPS) is 23.2. The van der Waals surface area contributed by atoms with Crippen molar-refractivity contribution < 1.29 is 9.53 Å². The van der Waals surface area contributed by atoms with Crippen molar-refractivity contribution in [3.05, 3.63) is 106 Å². The summed E-state index contributed by atoms with van der Waals surface area (Å²) in [7, 11) is 0. The van der Waals surface area contributed by atoms with Crippen molar-refractivity contribution in [2.45, 2.75) is 38.5 Å². The molecule has 0 bridgehead atoms. The number of hydrogen-bond donors (Lipinski definition) is 2. The predicted octanol–water partition coefficient (Wildman–Crippen LogP) is 5.64. The van der Waals surface area contributed by atoms with Crippen molar-refractivity contribution in [2.75, 3.05) is 19.6 Å². The molecule has 198 valence electrons. The minimum Gasteiger partial charge on any atom is -0.373 e. The Balaban J connectivity index is 1.15. The van der Waals surface area contributed by atoms with Gasteiger partial charge in [-0.2, -0.15) is 5.10 Å². The average Bonchev–Trinajstić information content (AvgIpc) is 3.51. The van der Waals surface area contributed by atoms with E-state index in [4.69, 9.17) is 4.74 Å². The number of nitrogens with one attached hydrogen (secondary N) is 2. The van der Waals surface area contributed by atoms with E-state index in [0.29, 0.717) is 6.54 Å². The molecule has 3 atom stereocenters. The minimum atomic E-state index is -0.00253. The Kier molecular flexibility index (Phi) is 7.14. The number of benzene rings is 3. The molecule has 4 aromatic rings. The van der Waals surface area contributed by atoms with E-state index in [9.17, 15) is 4.79 Å². The fourth-order valence-electron chi connectivity index (χ4n) is 5.75. The Morgan fingerprint density at radius 3 is 2.46 bits per heavy atom. The number of aromatic nitrogens is 2. The van der Waals surface area contributed by atoms with Crippen LogP contribution in [0.2, 0.25) is 0 Å².